The number of aryl methyl sites for hydroxylation is 1. The van der Waals surface area contributed by atoms with Crippen LogP contribution in [0, 0.1) is 6.92 Å². The number of carbonyl (C=O) groups is 1. The number of halogens is 1. The van der Waals surface area contributed by atoms with Crippen LogP contribution >= 0.6 is 11.6 Å². The molecular weight excluding hydrogens is 422 g/mol. The van der Waals surface area contributed by atoms with Crippen LogP contribution < -0.4 is 26.2 Å². The first kappa shape index (κ1) is 21.8. The van der Waals surface area contributed by atoms with Crippen molar-refractivity contribution in [3.05, 3.63) is 75.2 Å². The molecule has 0 aliphatic rings. The second-order valence-corrected chi connectivity index (χ2v) is 6.73. The van der Waals surface area contributed by atoms with E-state index >= 15 is 0 Å². The molecule has 0 saturated heterocycles. The predicted octanol–water partition coefficient (Wildman–Crippen LogP) is 3.39. The van der Waals surface area contributed by atoms with Gasteiger partial charge < -0.3 is 15.2 Å². The molecule has 3 aromatic rings. The Morgan fingerprint density at radius 3 is 2.65 bits per heavy atom. The number of primary amides is 1. The maximum absolute atomic E-state index is 12.7. The number of amides is 2. The van der Waals surface area contributed by atoms with Crippen molar-refractivity contribution in [3.63, 3.8) is 0 Å². The van der Waals surface area contributed by atoms with Gasteiger partial charge in [0.1, 0.15) is 0 Å². The summed E-state index contributed by atoms with van der Waals surface area (Å²) in [6.45, 7) is 4.14. The zero-order chi connectivity index (χ0) is 22.4. The van der Waals surface area contributed by atoms with Gasteiger partial charge in [0, 0.05) is 0 Å². The van der Waals surface area contributed by atoms with Gasteiger partial charge in [-0.2, -0.15) is 14.9 Å². The van der Waals surface area contributed by atoms with E-state index in [2.05, 4.69) is 15.6 Å². The summed E-state index contributed by atoms with van der Waals surface area (Å²) in [7, 11) is 0. The van der Waals surface area contributed by atoms with E-state index < -0.39 is 11.6 Å². The Balaban J connectivity index is 1.90. The Morgan fingerprint density at radius 2 is 1.97 bits per heavy atom. The van der Waals surface area contributed by atoms with E-state index in [1.54, 1.807) is 30.3 Å². The lowest BCUT2D eigenvalue weighted by Crippen LogP contribution is -2.24. The van der Waals surface area contributed by atoms with Gasteiger partial charge in [0.15, 0.2) is 22.3 Å². The van der Waals surface area contributed by atoms with E-state index in [0.717, 1.165) is 5.56 Å². The molecule has 0 aliphatic heterocycles. The minimum Gasteiger partial charge on any atom is -0.490 e. The molecule has 31 heavy (non-hydrogen) atoms. The van der Waals surface area contributed by atoms with Gasteiger partial charge in [-0.25, -0.2) is 10.2 Å². The van der Waals surface area contributed by atoms with E-state index in [4.69, 9.17) is 26.8 Å². The molecule has 2 amide bonds. The van der Waals surface area contributed by atoms with Crippen LogP contribution in [0.3, 0.4) is 0 Å². The molecule has 0 spiro atoms. The SMILES string of the molecule is CCOc1cc(C=NNC(N)=O)ccc1Oc1cnn(-c2ccc(C)cc2)c(=O)c1Cl. The average molecular weight is 442 g/mol. The average Bonchev–Trinajstić information content (AvgIpc) is 2.74. The first-order valence-corrected chi connectivity index (χ1v) is 9.65. The number of benzene rings is 2. The maximum atomic E-state index is 12.7. The van der Waals surface area contributed by atoms with Crippen LogP contribution in [0.25, 0.3) is 5.69 Å². The Kier molecular flexibility index (Phi) is 6.88. The molecule has 0 atom stereocenters. The molecule has 0 saturated carbocycles. The number of nitrogens with zero attached hydrogens (tertiary/aromatic N) is 3. The zero-order valence-corrected chi connectivity index (χ0v) is 17.6. The van der Waals surface area contributed by atoms with Crippen molar-refractivity contribution in [2.75, 3.05) is 6.61 Å². The van der Waals surface area contributed by atoms with Crippen LogP contribution in [-0.2, 0) is 0 Å². The fourth-order valence-electron chi connectivity index (χ4n) is 2.61. The third-order valence-corrected chi connectivity index (χ3v) is 4.39. The number of aromatic nitrogens is 2. The first-order chi connectivity index (χ1) is 14.9. The van der Waals surface area contributed by atoms with Crippen LogP contribution in [0.15, 0.2) is 58.6 Å². The molecule has 0 aliphatic carbocycles. The highest BCUT2D eigenvalue weighted by atomic mass is 35.5. The second-order valence-electron chi connectivity index (χ2n) is 6.35. The standard InChI is InChI=1S/C21H20ClN5O4/c1-3-30-17-10-14(11-24-26-21(23)29)6-9-16(17)31-18-12-25-27(20(28)19(18)22)15-7-4-13(2)5-8-15/h4-12H,3H2,1-2H3,(H3,23,26,29). The molecule has 1 heterocycles. The van der Waals surface area contributed by atoms with E-state index in [-0.39, 0.29) is 10.8 Å². The number of hydrazone groups is 1. The summed E-state index contributed by atoms with van der Waals surface area (Å²) < 4.78 is 12.6. The van der Waals surface area contributed by atoms with Gasteiger partial charge in [0.2, 0.25) is 0 Å². The lowest BCUT2D eigenvalue weighted by Gasteiger charge is -2.13. The van der Waals surface area contributed by atoms with Crippen LogP contribution in [0.2, 0.25) is 5.02 Å². The maximum Gasteiger partial charge on any atom is 0.332 e. The van der Waals surface area contributed by atoms with E-state index in [1.807, 2.05) is 26.0 Å². The smallest absolute Gasteiger partial charge is 0.332 e. The number of nitrogens with one attached hydrogen (secondary N) is 1. The van der Waals surface area contributed by atoms with Gasteiger partial charge in [-0.3, -0.25) is 4.79 Å². The lowest BCUT2D eigenvalue weighted by atomic mass is 10.2. The largest absolute Gasteiger partial charge is 0.490 e. The summed E-state index contributed by atoms with van der Waals surface area (Å²) in [5.41, 5.74) is 8.85. The number of urea groups is 1. The van der Waals surface area contributed by atoms with Gasteiger partial charge in [-0.15, -0.1) is 0 Å². The number of hydrogen-bond acceptors (Lipinski definition) is 6. The van der Waals surface area contributed by atoms with Gasteiger partial charge in [0.05, 0.1) is 24.7 Å². The molecule has 0 unspecified atom stereocenters. The van der Waals surface area contributed by atoms with Crippen molar-refractivity contribution in [1.29, 1.82) is 0 Å². The quantitative estimate of drug-likeness (QED) is 0.430. The third kappa shape index (κ3) is 5.40. The molecule has 2 aromatic carbocycles. The summed E-state index contributed by atoms with van der Waals surface area (Å²) in [5.74, 6) is 0.815. The van der Waals surface area contributed by atoms with Crippen molar-refractivity contribution in [2.45, 2.75) is 13.8 Å². The Morgan fingerprint density at radius 1 is 1.23 bits per heavy atom. The third-order valence-electron chi connectivity index (χ3n) is 4.04. The highest BCUT2D eigenvalue weighted by Crippen LogP contribution is 2.34. The highest BCUT2D eigenvalue weighted by Gasteiger charge is 2.15. The summed E-state index contributed by atoms with van der Waals surface area (Å²) in [6.07, 6.45) is 2.76. The summed E-state index contributed by atoms with van der Waals surface area (Å²) in [6, 6.07) is 11.5. The van der Waals surface area contributed by atoms with Crippen molar-refractivity contribution in [1.82, 2.24) is 15.2 Å². The van der Waals surface area contributed by atoms with Crippen molar-refractivity contribution < 1.29 is 14.3 Å². The van der Waals surface area contributed by atoms with Gasteiger partial charge in [-0.05, 0) is 49.7 Å². The van der Waals surface area contributed by atoms with Gasteiger partial charge in [-0.1, -0.05) is 29.3 Å². The van der Waals surface area contributed by atoms with Crippen LogP contribution in [0.1, 0.15) is 18.1 Å². The molecule has 1 aromatic heterocycles. The minimum absolute atomic E-state index is 0.0905. The molecule has 0 bridgehead atoms. The zero-order valence-electron chi connectivity index (χ0n) is 16.8. The van der Waals surface area contributed by atoms with Gasteiger partial charge >= 0.3 is 6.03 Å². The summed E-state index contributed by atoms with van der Waals surface area (Å²) >= 11 is 6.28. The van der Waals surface area contributed by atoms with E-state index in [0.29, 0.717) is 29.4 Å². The Bertz CT molecular complexity index is 1180. The Labute approximate surface area is 183 Å². The predicted molar refractivity (Wildman–Crippen MR) is 118 cm³/mol. The first-order valence-electron chi connectivity index (χ1n) is 9.27. The van der Waals surface area contributed by atoms with Crippen molar-refractivity contribution >= 4 is 23.8 Å². The topological polar surface area (TPSA) is 121 Å². The molecule has 160 valence electrons. The summed E-state index contributed by atoms with van der Waals surface area (Å²) in [5, 5.41) is 7.75. The van der Waals surface area contributed by atoms with Crippen LogP contribution in [0.4, 0.5) is 4.79 Å². The van der Waals surface area contributed by atoms with E-state index in [9.17, 15) is 9.59 Å². The molecule has 0 radical (unpaired) electrons. The van der Waals surface area contributed by atoms with Crippen LogP contribution in [0.5, 0.6) is 17.2 Å². The monoisotopic (exact) mass is 441 g/mol. The van der Waals surface area contributed by atoms with Crippen molar-refractivity contribution in [2.24, 2.45) is 10.8 Å². The number of carbonyl (C=O) groups excluding carboxylic acids is 1. The number of rotatable bonds is 7. The molecule has 10 heteroatoms. The van der Waals surface area contributed by atoms with Crippen LogP contribution in [-0.4, -0.2) is 28.6 Å². The summed E-state index contributed by atoms with van der Waals surface area (Å²) in [4.78, 5) is 23.4. The molecule has 9 nitrogen and oxygen atoms in total. The molecule has 3 rings (SSSR count). The fourth-order valence-corrected chi connectivity index (χ4v) is 2.77. The number of hydrogen-bond donors (Lipinski definition) is 2. The number of nitrogens with two attached hydrogens (primary N) is 1. The minimum atomic E-state index is -0.774. The lowest BCUT2D eigenvalue weighted by molar-refractivity contribution is 0.249. The highest BCUT2D eigenvalue weighted by molar-refractivity contribution is 6.31. The fraction of sp³-hybridized carbons (Fsp3) is 0.143. The normalized spacial score (nSPS) is 10.8. The second kappa shape index (κ2) is 9.77. The molecular formula is C21H20ClN5O4. The van der Waals surface area contributed by atoms with Gasteiger partial charge in [0.25, 0.3) is 5.56 Å². The van der Waals surface area contributed by atoms with E-state index in [1.165, 1.54) is 17.1 Å². The number of ether oxygens (including phenoxy) is 2. The molecule has 0 fully saturated rings. The molecule has 3 N–H and O–H groups in total. The van der Waals surface area contributed by atoms with Crippen molar-refractivity contribution in [3.8, 4) is 22.9 Å². The Hall–Kier alpha value is -3.85.